The Hall–Kier alpha value is -0.760. The van der Waals surface area contributed by atoms with Crippen molar-refractivity contribution in [3.05, 3.63) is 23.4 Å². The minimum atomic E-state index is 0.222. The molecule has 1 heterocycles. The Morgan fingerprint density at radius 2 is 2.15 bits per heavy atom. The molecule has 1 unspecified atom stereocenters. The van der Waals surface area contributed by atoms with Crippen molar-refractivity contribution in [3.8, 4) is 0 Å². The van der Waals surface area contributed by atoms with Gasteiger partial charge in [0.05, 0.1) is 6.04 Å². The summed E-state index contributed by atoms with van der Waals surface area (Å²) in [5, 5.41) is 7.14. The molecule has 0 saturated carbocycles. The molecule has 2 rings (SSSR count). The van der Waals surface area contributed by atoms with Gasteiger partial charge in [-0.3, -0.25) is 0 Å². The van der Waals surface area contributed by atoms with E-state index in [1.165, 1.54) is 11.3 Å². The van der Waals surface area contributed by atoms with Crippen molar-refractivity contribution >= 4 is 0 Å². The minimum Gasteiger partial charge on any atom is -0.385 e. The molecule has 2 aliphatic rings. The highest BCUT2D eigenvalue weighted by Gasteiger charge is 2.30. The van der Waals surface area contributed by atoms with Gasteiger partial charge in [0.15, 0.2) is 0 Å². The first-order chi connectivity index (χ1) is 6.07. The van der Waals surface area contributed by atoms with Crippen LogP contribution < -0.4 is 10.6 Å². The van der Waals surface area contributed by atoms with E-state index in [2.05, 4.69) is 43.6 Å². The standard InChI is InChI=1S/C11H18N2/c1-8-4-5-9-10(6-8)13-11(2,3)7-12-9/h4-5,10,12-13H,6-7H2,1-3H3. The van der Waals surface area contributed by atoms with Gasteiger partial charge in [0.2, 0.25) is 0 Å². The van der Waals surface area contributed by atoms with Gasteiger partial charge in [-0.25, -0.2) is 0 Å². The van der Waals surface area contributed by atoms with E-state index in [0.717, 1.165) is 13.0 Å². The van der Waals surface area contributed by atoms with E-state index in [4.69, 9.17) is 0 Å². The van der Waals surface area contributed by atoms with Crippen LogP contribution in [0.4, 0.5) is 0 Å². The number of hydrogen-bond acceptors (Lipinski definition) is 2. The highest BCUT2D eigenvalue weighted by Crippen LogP contribution is 2.22. The molecule has 0 radical (unpaired) electrons. The molecule has 0 bridgehead atoms. The van der Waals surface area contributed by atoms with Crippen molar-refractivity contribution in [1.29, 1.82) is 0 Å². The van der Waals surface area contributed by atoms with E-state index in [1.807, 2.05) is 0 Å². The zero-order valence-corrected chi connectivity index (χ0v) is 8.65. The average molecular weight is 178 g/mol. The third-order valence-corrected chi connectivity index (χ3v) is 2.75. The zero-order chi connectivity index (χ0) is 9.47. The Balaban J connectivity index is 2.16. The van der Waals surface area contributed by atoms with Crippen molar-refractivity contribution in [1.82, 2.24) is 10.6 Å². The molecule has 0 aromatic rings. The average Bonchev–Trinajstić information content (AvgIpc) is 2.01. The van der Waals surface area contributed by atoms with Gasteiger partial charge in [0.25, 0.3) is 0 Å². The molecule has 1 aliphatic carbocycles. The molecular weight excluding hydrogens is 160 g/mol. The van der Waals surface area contributed by atoms with Crippen LogP contribution >= 0.6 is 0 Å². The molecule has 1 atom stereocenters. The van der Waals surface area contributed by atoms with Gasteiger partial charge in [0, 0.05) is 17.8 Å². The zero-order valence-electron chi connectivity index (χ0n) is 8.65. The summed E-state index contributed by atoms with van der Waals surface area (Å²) in [6.07, 6.45) is 5.55. The van der Waals surface area contributed by atoms with Crippen molar-refractivity contribution in [2.45, 2.75) is 38.8 Å². The lowest BCUT2D eigenvalue weighted by atomic mass is 9.91. The summed E-state index contributed by atoms with van der Waals surface area (Å²) >= 11 is 0. The van der Waals surface area contributed by atoms with Gasteiger partial charge in [-0.2, -0.15) is 0 Å². The molecule has 2 N–H and O–H groups in total. The number of fused-ring (bicyclic) bond motifs is 1. The van der Waals surface area contributed by atoms with Crippen LogP contribution in [0.5, 0.6) is 0 Å². The van der Waals surface area contributed by atoms with Crippen LogP contribution in [0.25, 0.3) is 0 Å². The van der Waals surface area contributed by atoms with E-state index in [1.54, 1.807) is 0 Å². The molecule has 1 aliphatic heterocycles. The second-order valence-electron chi connectivity index (χ2n) is 4.77. The van der Waals surface area contributed by atoms with Crippen LogP contribution in [0, 0.1) is 0 Å². The molecule has 72 valence electrons. The molecule has 0 aromatic carbocycles. The summed E-state index contributed by atoms with van der Waals surface area (Å²) in [7, 11) is 0. The third-order valence-electron chi connectivity index (χ3n) is 2.75. The van der Waals surface area contributed by atoms with Gasteiger partial charge in [0.1, 0.15) is 0 Å². The molecule has 1 saturated heterocycles. The van der Waals surface area contributed by atoms with Crippen molar-refractivity contribution < 1.29 is 0 Å². The second-order valence-corrected chi connectivity index (χ2v) is 4.77. The Labute approximate surface area is 80.1 Å². The Bertz CT molecular complexity index is 274. The minimum absolute atomic E-state index is 0.222. The van der Waals surface area contributed by atoms with Gasteiger partial charge in [-0.05, 0) is 33.3 Å². The fourth-order valence-corrected chi connectivity index (χ4v) is 2.00. The Kier molecular flexibility index (Phi) is 1.95. The summed E-state index contributed by atoms with van der Waals surface area (Å²) in [6.45, 7) is 7.69. The van der Waals surface area contributed by atoms with Crippen LogP contribution in [-0.2, 0) is 0 Å². The van der Waals surface area contributed by atoms with E-state index < -0.39 is 0 Å². The third kappa shape index (κ3) is 1.78. The lowest BCUT2D eigenvalue weighted by Crippen LogP contribution is -2.59. The first-order valence-electron chi connectivity index (χ1n) is 4.96. The molecule has 0 amide bonds. The van der Waals surface area contributed by atoms with Crippen molar-refractivity contribution in [3.63, 3.8) is 0 Å². The van der Waals surface area contributed by atoms with Crippen LogP contribution in [0.2, 0.25) is 0 Å². The summed E-state index contributed by atoms with van der Waals surface area (Å²) < 4.78 is 0. The van der Waals surface area contributed by atoms with E-state index in [-0.39, 0.29) is 5.54 Å². The number of nitrogens with one attached hydrogen (secondary N) is 2. The molecule has 0 spiro atoms. The van der Waals surface area contributed by atoms with Gasteiger partial charge in [-0.15, -0.1) is 0 Å². The van der Waals surface area contributed by atoms with E-state index in [0.29, 0.717) is 6.04 Å². The van der Waals surface area contributed by atoms with Crippen LogP contribution in [-0.4, -0.2) is 18.1 Å². The summed E-state index contributed by atoms with van der Waals surface area (Å²) in [5.41, 5.74) is 3.03. The largest absolute Gasteiger partial charge is 0.385 e. The maximum Gasteiger partial charge on any atom is 0.0511 e. The van der Waals surface area contributed by atoms with Crippen LogP contribution in [0.1, 0.15) is 27.2 Å². The van der Waals surface area contributed by atoms with Gasteiger partial charge >= 0.3 is 0 Å². The second kappa shape index (κ2) is 2.88. The summed E-state index contributed by atoms with van der Waals surface area (Å²) in [4.78, 5) is 0. The fourth-order valence-electron chi connectivity index (χ4n) is 2.00. The summed E-state index contributed by atoms with van der Waals surface area (Å²) in [6, 6.07) is 0.508. The monoisotopic (exact) mass is 178 g/mol. The highest BCUT2D eigenvalue weighted by atomic mass is 15.1. The lowest BCUT2D eigenvalue weighted by Gasteiger charge is -2.41. The highest BCUT2D eigenvalue weighted by molar-refractivity contribution is 5.29. The van der Waals surface area contributed by atoms with Gasteiger partial charge in [-0.1, -0.05) is 11.6 Å². The topological polar surface area (TPSA) is 24.1 Å². The molecule has 2 nitrogen and oxygen atoms in total. The van der Waals surface area contributed by atoms with Crippen molar-refractivity contribution in [2.24, 2.45) is 0 Å². The SMILES string of the molecule is CC1=CC=C2NCC(C)(C)NC2C1. The molecule has 13 heavy (non-hydrogen) atoms. The Morgan fingerprint density at radius 3 is 2.92 bits per heavy atom. The first-order valence-corrected chi connectivity index (χ1v) is 4.96. The van der Waals surface area contributed by atoms with E-state index >= 15 is 0 Å². The normalized spacial score (nSPS) is 31.2. The first kappa shape index (κ1) is 8.82. The number of hydrogen-bond donors (Lipinski definition) is 2. The number of piperazine rings is 1. The van der Waals surface area contributed by atoms with E-state index in [9.17, 15) is 0 Å². The molecule has 1 fully saturated rings. The predicted molar refractivity (Wildman–Crippen MR) is 55.5 cm³/mol. The fraction of sp³-hybridized carbons (Fsp3) is 0.636. The lowest BCUT2D eigenvalue weighted by molar-refractivity contribution is 0.293. The summed E-state index contributed by atoms with van der Waals surface area (Å²) in [5.74, 6) is 0. The quantitative estimate of drug-likeness (QED) is 0.588. The van der Waals surface area contributed by atoms with Gasteiger partial charge < -0.3 is 10.6 Å². The predicted octanol–water partition coefficient (Wildman–Crippen LogP) is 1.56. The molecule has 0 aromatic heterocycles. The molecule has 2 heteroatoms. The maximum atomic E-state index is 3.65. The van der Waals surface area contributed by atoms with Crippen LogP contribution in [0.15, 0.2) is 23.4 Å². The number of rotatable bonds is 0. The van der Waals surface area contributed by atoms with Crippen LogP contribution in [0.3, 0.4) is 0 Å². The number of allylic oxidation sites excluding steroid dienone is 2. The molecular formula is C11H18N2. The smallest absolute Gasteiger partial charge is 0.0511 e. The van der Waals surface area contributed by atoms with Crippen molar-refractivity contribution in [2.75, 3.05) is 6.54 Å². The maximum absolute atomic E-state index is 3.65. The Morgan fingerprint density at radius 1 is 1.38 bits per heavy atom.